The van der Waals surface area contributed by atoms with Crippen molar-refractivity contribution in [1.82, 2.24) is 0 Å². The molecule has 0 unspecified atom stereocenters. The van der Waals surface area contributed by atoms with E-state index in [1.54, 1.807) is 36.4 Å². The summed E-state index contributed by atoms with van der Waals surface area (Å²) in [6.07, 6.45) is 1.44. The van der Waals surface area contributed by atoms with E-state index < -0.39 is 0 Å². The lowest BCUT2D eigenvalue weighted by molar-refractivity contribution is -0.113. The molecule has 0 radical (unpaired) electrons. The summed E-state index contributed by atoms with van der Waals surface area (Å²) in [5.74, 6) is 0.101. The summed E-state index contributed by atoms with van der Waals surface area (Å²) in [6.45, 7) is 2.02. The Hall–Kier alpha value is -2.99. The molecule has 3 aromatic rings. The monoisotopic (exact) mass is 366 g/mol. The van der Waals surface area contributed by atoms with Crippen LogP contribution in [0.25, 0.3) is 0 Å². The Morgan fingerprint density at radius 2 is 1.73 bits per heavy atom. The third-order valence-corrected chi connectivity index (χ3v) is 4.78. The molecular weight excluding hydrogens is 348 g/mol. The molecule has 2 N–H and O–H groups in total. The fourth-order valence-corrected chi connectivity index (χ4v) is 3.16. The fourth-order valence-electron chi connectivity index (χ4n) is 2.33. The SMILES string of the molecule is Cc1ccccc1SCC(=O)Nc1cccc(NC(=O)c2ccco2)c1. The number of nitrogens with one attached hydrogen (secondary N) is 2. The van der Waals surface area contributed by atoms with Crippen molar-refractivity contribution in [2.45, 2.75) is 11.8 Å². The van der Waals surface area contributed by atoms with E-state index in [1.807, 2.05) is 31.2 Å². The fraction of sp³-hybridized carbons (Fsp3) is 0.100. The second kappa shape index (κ2) is 8.40. The molecule has 0 aliphatic rings. The van der Waals surface area contributed by atoms with E-state index in [4.69, 9.17) is 4.42 Å². The molecule has 0 spiro atoms. The topological polar surface area (TPSA) is 71.3 Å². The summed E-state index contributed by atoms with van der Waals surface area (Å²) < 4.78 is 5.06. The minimum absolute atomic E-state index is 0.104. The van der Waals surface area contributed by atoms with Crippen LogP contribution in [-0.2, 0) is 4.79 Å². The number of hydrogen-bond acceptors (Lipinski definition) is 4. The van der Waals surface area contributed by atoms with E-state index >= 15 is 0 Å². The zero-order valence-electron chi connectivity index (χ0n) is 14.2. The number of benzene rings is 2. The average Bonchev–Trinajstić information content (AvgIpc) is 3.16. The van der Waals surface area contributed by atoms with Crippen molar-refractivity contribution in [2.24, 2.45) is 0 Å². The highest BCUT2D eigenvalue weighted by molar-refractivity contribution is 8.00. The third kappa shape index (κ3) is 4.77. The maximum absolute atomic E-state index is 12.2. The summed E-state index contributed by atoms with van der Waals surface area (Å²) >= 11 is 1.49. The first-order valence-electron chi connectivity index (χ1n) is 8.05. The molecular formula is C20H18N2O3S. The van der Waals surface area contributed by atoms with Gasteiger partial charge in [0.15, 0.2) is 5.76 Å². The molecule has 132 valence electrons. The molecule has 0 saturated carbocycles. The van der Waals surface area contributed by atoms with Crippen molar-refractivity contribution in [3.63, 3.8) is 0 Å². The van der Waals surface area contributed by atoms with Crippen LogP contribution in [0.4, 0.5) is 11.4 Å². The van der Waals surface area contributed by atoms with E-state index in [2.05, 4.69) is 10.6 Å². The van der Waals surface area contributed by atoms with Gasteiger partial charge in [-0.3, -0.25) is 9.59 Å². The summed E-state index contributed by atoms with van der Waals surface area (Å²) in [5, 5.41) is 5.58. The molecule has 0 aliphatic carbocycles. The summed E-state index contributed by atoms with van der Waals surface area (Å²) in [4.78, 5) is 25.3. The number of anilines is 2. The minimum atomic E-state index is -0.339. The molecule has 0 fully saturated rings. The van der Waals surface area contributed by atoms with Crippen LogP contribution >= 0.6 is 11.8 Å². The van der Waals surface area contributed by atoms with Gasteiger partial charge in [-0.05, 0) is 48.9 Å². The van der Waals surface area contributed by atoms with E-state index in [9.17, 15) is 9.59 Å². The Morgan fingerprint density at radius 1 is 0.962 bits per heavy atom. The van der Waals surface area contributed by atoms with Crippen molar-refractivity contribution < 1.29 is 14.0 Å². The molecule has 2 amide bonds. The van der Waals surface area contributed by atoms with Gasteiger partial charge in [0.05, 0.1) is 12.0 Å². The van der Waals surface area contributed by atoms with Crippen LogP contribution in [0.15, 0.2) is 76.2 Å². The van der Waals surface area contributed by atoms with Crippen molar-refractivity contribution in [3.8, 4) is 0 Å². The number of carbonyl (C=O) groups excluding carboxylic acids is 2. The van der Waals surface area contributed by atoms with Crippen LogP contribution in [0.3, 0.4) is 0 Å². The van der Waals surface area contributed by atoms with Gasteiger partial charge in [0.2, 0.25) is 5.91 Å². The zero-order chi connectivity index (χ0) is 18.4. The van der Waals surface area contributed by atoms with Crippen molar-refractivity contribution in [3.05, 3.63) is 78.3 Å². The molecule has 0 atom stereocenters. The Morgan fingerprint density at radius 3 is 2.46 bits per heavy atom. The van der Waals surface area contributed by atoms with Gasteiger partial charge in [0.25, 0.3) is 5.91 Å². The van der Waals surface area contributed by atoms with Crippen LogP contribution in [0, 0.1) is 6.92 Å². The van der Waals surface area contributed by atoms with E-state index in [0.717, 1.165) is 10.5 Å². The van der Waals surface area contributed by atoms with E-state index in [1.165, 1.54) is 18.0 Å². The molecule has 5 nitrogen and oxygen atoms in total. The first-order chi connectivity index (χ1) is 12.6. The summed E-state index contributed by atoms with van der Waals surface area (Å²) in [5.41, 5.74) is 2.35. The molecule has 1 heterocycles. The highest BCUT2D eigenvalue weighted by Gasteiger charge is 2.10. The number of aryl methyl sites for hydroxylation is 1. The number of amides is 2. The largest absolute Gasteiger partial charge is 0.459 e. The first-order valence-corrected chi connectivity index (χ1v) is 9.03. The normalized spacial score (nSPS) is 10.3. The molecule has 3 rings (SSSR count). The lowest BCUT2D eigenvalue weighted by Gasteiger charge is -2.09. The molecule has 2 aromatic carbocycles. The molecule has 26 heavy (non-hydrogen) atoms. The molecule has 1 aromatic heterocycles. The van der Waals surface area contributed by atoms with Crippen LogP contribution in [0.2, 0.25) is 0 Å². The minimum Gasteiger partial charge on any atom is -0.459 e. The quantitative estimate of drug-likeness (QED) is 0.627. The number of carbonyl (C=O) groups is 2. The van der Waals surface area contributed by atoms with Gasteiger partial charge in [0, 0.05) is 16.3 Å². The Balaban J connectivity index is 1.57. The van der Waals surface area contributed by atoms with Crippen LogP contribution < -0.4 is 10.6 Å². The van der Waals surface area contributed by atoms with Gasteiger partial charge < -0.3 is 15.1 Å². The van der Waals surface area contributed by atoms with Gasteiger partial charge in [-0.25, -0.2) is 0 Å². The van der Waals surface area contributed by atoms with Crippen molar-refractivity contribution >= 4 is 35.0 Å². The lowest BCUT2D eigenvalue weighted by atomic mass is 10.2. The third-order valence-electron chi connectivity index (χ3n) is 3.60. The van der Waals surface area contributed by atoms with Gasteiger partial charge in [-0.2, -0.15) is 0 Å². The predicted molar refractivity (Wildman–Crippen MR) is 104 cm³/mol. The highest BCUT2D eigenvalue weighted by atomic mass is 32.2. The predicted octanol–water partition coefficient (Wildman–Crippen LogP) is 4.57. The van der Waals surface area contributed by atoms with E-state index in [-0.39, 0.29) is 17.6 Å². The number of rotatable bonds is 6. The first kappa shape index (κ1) is 17.8. The molecule has 0 saturated heterocycles. The Bertz CT molecular complexity index is 907. The molecule has 6 heteroatoms. The molecule has 0 aliphatic heterocycles. The standard InChI is InChI=1S/C20H18N2O3S/c1-14-6-2-3-10-18(14)26-13-19(23)21-15-7-4-8-16(12-15)22-20(24)17-9-5-11-25-17/h2-12H,13H2,1H3,(H,21,23)(H,22,24). The summed E-state index contributed by atoms with van der Waals surface area (Å²) in [7, 11) is 0. The lowest BCUT2D eigenvalue weighted by Crippen LogP contribution is -2.15. The van der Waals surface area contributed by atoms with Crippen LogP contribution in [0.1, 0.15) is 16.1 Å². The smallest absolute Gasteiger partial charge is 0.291 e. The van der Waals surface area contributed by atoms with Crippen LogP contribution in [-0.4, -0.2) is 17.6 Å². The second-order valence-electron chi connectivity index (χ2n) is 5.61. The number of furan rings is 1. The van der Waals surface area contributed by atoms with Crippen LogP contribution in [0.5, 0.6) is 0 Å². The second-order valence-corrected chi connectivity index (χ2v) is 6.63. The average molecular weight is 366 g/mol. The number of hydrogen-bond donors (Lipinski definition) is 2. The van der Waals surface area contributed by atoms with Crippen molar-refractivity contribution in [1.29, 1.82) is 0 Å². The highest BCUT2D eigenvalue weighted by Crippen LogP contribution is 2.22. The van der Waals surface area contributed by atoms with Crippen molar-refractivity contribution in [2.75, 3.05) is 16.4 Å². The van der Waals surface area contributed by atoms with Gasteiger partial charge in [-0.1, -0.05) is 24.3 Å². The molecule has 0 bridgehead atoms. The van der Waals surface area contributed by atoms with Gasteiger partial charge >= 0.3 is 0 Å². The number of thioether (sulfide) groups is 1. The maximum atomic E-state index is 12.2. The zero-order valence-corrected chi connectivity index (χ0v) is 15.0. The summed E-state index contributed by atoms with van der Waals surface area (Å²) in [6, 6.07) is 18.2. The van der Waals surface area contributed by atoms with Gasteiger partial charge in [0.1, 0.15) is 0 Å². The van der Waals surface area contributed by atoms with Gasteiger partial charge in [-0.15, -0.1) is 11.8 Å². The maximum Gasteiger partial charge on any atom is 0.291 e. The van der Waals surface area contributed by atoms with E-state index in [0.29, 0.717) is 17.1 Å². The Kier molecular flexibility index (Phi) is 5.76. The Labute approximate surface area is 155 Å².